The molecule has 31 heavy (non-hydrogen) atoms. The standard InChI is InChI=1S/C25H24N4O2/c1-3-22(30)29(2)19-12-10-18(11-13-19)27-24(16-7-5-4-6-8-16)23-20-15-17(26)9-14-21(20)28-25(23)31/h4-15,28,31H,3,26H2,1-2H3. The Morgan fingerprint density at radius 1 is 1.06 bits per heavy atom. The van der Waals surface area contributed by atoms with E-state index in [1.165, 1.54) is 0 Å². The number of aromatic hydroxyl groups is 1. The van der Waals surface area contributed by atoms with Crippen molar-refractivity contribution in [2.45, 2.75) is 13.3 Å². The van der Waals surface area contributed by atoms with Gasteiger partial charge >= 0.3 is 0 Å². The normalized spacial score (nSPS) is 11.6. The van der Waals surface area contributed by atoms with Crippen molar-refractivity contribution < 1.29 is 9.90 Å². The number of nitrogen functional groups attached to an aromatic ring is 1. The topological polar surface area (TPSA) is 94.7 Å². The van der Waals surface area contributed by atoms with Crippen LogP contribution in [0.3, 0.4) is 0 Å². The lowest BCUT2D eigenvalue weighted by Gasteiger charge is -2.16. The molecule has 1 heterocycles. The number of anilines is 2. The number of benzene rings is 3. The van der Waals surface area contributed by atoms with Gasteiger partial charge in [0.05, 0.1) is 17.0 Å². The van der Waals surface area contributed by atoms with Crippen molar-refractivity contribution in [1.82, 2.24) is 4.98 Å². The van der Waals surface area contributed by atoms with Crippen LogP contribution in [0.15, 0.2) is 77.8 Å². The molecular formula is C25H24N4O2. The fourth-order valence-electron chi connectivity index (χ4n) is 3.56. The zero-order chi connectivity index (χ0) is 22.0. The van der Waals surface area contributed by atoms with Crippen LogP contribution in [-0.2, 0) is 4.79 Å². The molecule has 0 unspecified atom stereocenters. The molecule has 0 aliphatic rings. The highest BCUT2D eigenvalue weighted by molar-refractivity contribution is 6.22. The van der Waals surface area contributed by atoms with E-state index in [1.54, 1.807) is 18.0 Å². The third kappa shape index (κ3) is 4.00. The van der Waals surface area contributed by atoms with Crippen LogP contribution in [0, 0.1) is 0 Å². The smallest absolute Gasteiger partial charge is 0.226 e. The van der Waals surface area contributed by atoms with E-state index in [9.17, 15) is 9.90 Å². The predicted octanol–water partition coefficient (Wildman–Crippen LogP) is 5.00. The Hall–Kier alpha value is -4.06. The van der Waals surface area contributed by atoms with Gasteiger partial charge in [0.1, 0.15) is 0 Å². The maximum Gasteiger partial charge on any atom is 0.226 e. The van der Waals surface area contributed by atoms with E-state index >= 15 is 0 Å². The van der Waals surface area contributed by atoms with Crippen molar-refractivity contribution in [3.05, 3.63) is 83.9 Å². The number of hydrogen-bond acceptors (Lipinski definition) is 4. The number of aromatic nitrogens is 1. The number of nitrogens with one attached hydrogen (secondary N) is 1. The number of carbonyl (C=O) groups is 1. The van der Waals surface area contributed by atoms with Crippen LogP contribution in [0.1, 0.15) is 24.5 Å². The summed E-state index contributed by atoms with van der Waals surface area (Å²) in [7, 11) is 1.76. The number of aromatic amines is 1. The lowest BCUT2D eigenvalue weighted by molar-refractivity contribution is -0.118. The Morgan fingerprint density at radius 3 is 2.45 bits per heavy atom. The average molecular weight is 412 g/mol. The molecule has 0 aliphatic carbocycles. The van der Waals surface area contributed by atoms with E-state index in [0.29, 0.717) is 29.1 Å². The summed E-state index contributed by atoms with van der Waals surface area (Å²) in [5, 5.41) is 11.5. The zero-order valence-electron chi connectivity index (χ0n) is 17.5. The molecule has 4 N–H and O–H groups in total. The van der Waals surface area contributed by atoms with Gasteiger partial charge in [-0.1, -0.05) is 37.3 Å². The molecule has 0 saturated carbocycles. The minimum atomic E-state index is 0.0353. The first kappa shape index (κ1) is 20.2. The fraction of sp³-hybridized carbons (Fsp3) is 0.120. The third-order valence-corrected chi connectivity index (χ3v) is 5.24. The van der Waals surface area contributed by atoms with E-state index in [0.717, 1.165) is 22.2 Å². The number of nitrogens with zero attached hydrogens (tertiary/aromatic N) is 2. The van der Waals surface area contributed by atoms with Crippen molar-refractivity contribution in [3.63, 3.8) is 0 Å². The Balaban J connectivity index is 1.85. The number of aliphatic imine (C=N–C) groups is 1. The summed E-state index contributed by atoms with van der Waals surface area (Å²) in [6.45, 7) is 1.84. The van der Waals surface area contributed by atoms with E-state index < -0.39 is 0 Å². The molecule has 0 atom stereocenters. The SMILES string of the molecule is CCC(=O)N(C)c1ccc(N=C(c2ccccc2)c2c(O)[nH]c3ccc(N)cc23)cc1. The Labute approximate surface area is 180 Å². The molecular weight excluding hydrogens is 388 g/mol. The number of rotatable bonds is 5. The first-order valence-electron chi connectivity index (χ1n) is 10.1. The number of hydrogen-bond donors (Lipinski definition) is 3. The first-order valence-corrected chi connectivity index (χ1v) is 10.1. The van der Waals surface area contributed by atoms with Gasteiger partial charge in [-0.15, -0.1) is 0 Å². The molecule has 156 valence electrons. The molecule has 1 aromatic heterocycles. The summed E-state index contributed by atoms with van der Waals surface area (Å²) in [6.07, 6.45) is 0.442. The van der Waals surface area contributed by atoms with Gasteiger partial charge in [0, 0.05) is 41.3 Å². The summed E-state index contributed by atoms with van der Waals surface area (Å²) in [6, 6.07) is 22.6. The average Bonchev–Trinajstić information content (AvgIpc) is 3.12. The van der Waals surface area contributed by atoms with Crippen LogP contribution in [0.5, 0.6) is 5.88 Å². The van der Waals surface area contributed by atoms with Crippen molar-refractivity contribution in [1.29, 1.82) is 0 Å². The molecule has 6 nitrogen and oxygen atoms in total. The van der Waals surface area contributed by atoms with Crippen LogP contribution in [0.4, 0.5) is 17.1 Å². The Kier molecular flexibility index (Phi) is 5.45. The second-order valence-electron chi connectivity index (χ2n) is 7.30. The fourth-order valence-corrected chi connectivity index (χ4v) is 3.56. The largest absolute Gasteiger partial charge is 0.494 e. The summed E-state index contributed by atoms with van der Waals surface area (Å²) in [4.78, 5) is 21.5. The molecule has 0 fully saturated rings. The van der Waals surface area contributed by atoms with Crippen LogP contribution in [0.25, 0.3) is 10.9 Å². The zero-order valence-corrected chi connectivity index (χ0v) is 17.5. The molecule has 0 bridgehead atoms. The highest BCUT2D eigenvalue weighted by Gasteiger charge is 2.19. The first-order chi connectivity index (χ1) is 15.0. The quantitative estimate of drug-likeness (QED) is 0.318. The molecule has 1 amide bonds. The minimum Gasteiger partial charge on any atom is -0.494 e. The predicted molar refractivity (Wildman–Crippen MR) is 126 cm³/mol. The van der Waals surface area contributed by atoms with Crippen molar-refractivity contribution >= 4 is 39.6 Å². The number of nitrogens with two attached hydrogens (primary N) is 1. The van der Waals surface area contributed by atoms with Crippen molar-refractivity contribution in [2.24, 2.45) is 4.99 Å². The number of H-pyrrole nitrogens is 1. The van der Waals surface area contributed by atoms with Gasteiger partial charge in [-0.05, 0) is 42.5 Å². The Morgan fingerprint density at radius 2 is 1.77 bits per heavy atom. The van der Waals surface area contributed by atoms with Gasteiger partial charge in [0.25, 0.3) is 0 Å². The van der Waals surface area contributed by atoms with Gasteiger partial charge < -0.3 is 20.7 Å². The number of amides is 1. The van der Waals surface area contributed by atoms with Gasteiger partial charge in [0.2, 0.25) is 5.91 Å². The van der Waals surface area contributed by atoms with Crippen LogP contribution in [-0.4, -0.2) is 28.8 Å². The van der Waals surface area contributed by atoms with Crippen LogP contribution < -0.4 is 10.6 Å². The summed E-state index contributed by atoms with van der Waals surface area (Å²) in [5.74, 6) is 0.0793. The second-order valence-corrected chi connectivity index (χ2v) is 7.30. The monoisotopic (exact) mass is 412 g/mol. The van der Waals surface area contributed by atoms with Gasteiger partial charge in [-0.3, -0.25) is 4.79 Å². The number of fused-ring (bicyclic) bond motifs is 1. The van der Waals surface area contributed by atoms with Crippen molar-refractivity contribution in [3.8, 4) is 5.88 Å². The summed E-state index contributed by atoms with van der Waals surface area (Å²) < 4.78 is 0. The van der Waals surface area contributed by atoms with Gasteiger partial charge in [-0.25, -0.2) is 4.99 Å². The lowest BCUT2D eigenvalue weighted by Crippen LogP contribution is -2.24. The highest BCUT2D eigenvalue weighted by Crippen LogP contribution is 2.33. The summed E-state index contributed by atoms with van der Waals surface area (Å²) >= 11 is 0. The second kappa shape index (κ2) is 8.36. The van der Waals surface area contributed by atoms with Crippen LogP contribution in [0.2, 0.25) is 0 Å². The Bertz CT molecular complexity index is 1260. The number of carbonyl (C=O) groups excluding carboxylic acids is 1. The molecule has 4 rings (SSSR count). The minimum absolute atomic E-state index is 0.0353. The van der Waals surface area contributed by atoms with Gasteiger partial charge in [-0.2, -0.15) is 0 Å². The summed E-state index contributed by atoms with van der Waals surface area (Å²) in [5.41, 5.74) is 11.0. The lowest BCUT2D eigenvalue weighted by atomic mass is 10.0. The maximum absolute atomic E-state index is 12.0. The molecule has 4 aromatic rings. The molecule has 0 saturated heterocycles. The van der Waals surface area contributed by atoms with E-state index in [-0.39, 0.29) is 11.8 Å². The van der Waals surface area contributed by atoms with Gasteiger partial charge in [0.15, 0.2) is 5.88 Å². The molecule has 0 radical (unpaired) electrons. The molecule has 3 aromatic carbocycles. The molecule has 0 aliphatic heterocycles. The van der Waals surface area contributed by atoms with Crippen LogP contribution >= 0.6 is 0 Å². The van der Waals surface area contributed by atoms with E-state index in [4.69, 9.17) is 10.7 Å². The maximum atomic E-state index is 12.0. The third-order valence-electron chi connectivity index (χ3n) is 5.24. The molecule has 6 heteroatoms. The van der Waals surface area contributed by atoms with E-state index in [2.05, 4.69) is 4.98 Å². The molecule has 0 spiro atoms. The van der Waals surface area contributed by atoms with E-state index in [1.807, 2.05) is 73.7 Å². The van der Waals surface area contributed by atoms with Crippen molar-refractivity contribution in [2.75, 3.05) is 17.7 Å². The highest BCUT2D eigenvalue weighted by atomic mass is 16.3.